The van der Waals surface area contributed by atoms with Gasteiger partial charge in [0.1, 0.15) is 5.82 Å². The Morgan fingerprint density at radius 2 is 2.31 bits per heavy atom. The molecule has 0 unspecified atom stereocenters. The molecule has 1 aliphatic heterocycles. The van der Waals surface area contributed by atoms with E-state index in [4.69, 9.17) is 0 Å². The van der Waals surface area contributed by atoms with Crippen LogP contribution in [0.1, 0.15) is 6.42 Å². The summed E-state index contributed by atoms with van der Waals surface area (Å²) in [4.78, 5) is 2.32. The largest absolute Gasteiger partial charge is 0.354 e. The van der Waals surface area contributed by atoms with Gasteiger partial charge in [-0.05, 0) is 36.6 Å². The van der Waals surface area contributed by atoms with Crippen LogP contribution in [0.3, 0.4) is 0 Å². The number of fused-ring (bicyclic) bond motifs is 1. The van der Waals surface area contributed by atoms with Gasteiger partial charge in [-0.2, -0.15) is 4.37 Å². The van der Waals surface area contributed by atoms with Crippen molar-refractivity contribution in [1.82, 2.24) is 9.69 Å². The molecule has 1 aromatic carbocycles. The van der Waals surface area contributed by atoms with Crippen molar-refractivity contribution in [1.29, 1.82) is 0 Å². The van der Waals surface area contributed by atoms with Crippen molar-refractivity contribution in [2.45, 2.75) is 12.5 Å². The zero-order valence-corrected chi connectivity index (χ0v) is 10.1. The van der Waals surface area contributed by atoms with E-state index in [1.54, 1.807) is 11.5 Å². The summed E-state index contributed by atoms with van der Waals surface area (Å²) in [7, 11) is 2.15. The van der Waals surface area contributed by atoms with Gasteiger partial charge in [0.2, 0.25) is 0 Å². The molecule has 0 aliphatic carbocycles. The van der Waals surface area contributed by atoms with Crippen molar-refractivity contribution in [3.05, 3.63) is 24.3 Å². The first-order chi connectivity index (χ1) is 7.86. The standard InChI is InChI=1S/C12H15N3S/c1-15(9-6-7-13-8-9)12-10-4-2-3-5-11(10)16-14-12/h2-5,9,13H,6-8H2,1H3/t9-/m1/s1. The second-order valence-electron chi connectivity index (χ2n) is 4.26. The highest BCUT2D eigenvalue weighted by Gasteiger charge is 2.22. The minimum atomic E-state index is 0.588. The van der Waals surface area contributed by atoms with Gasteiger partial charge in [0.25, 0.3) is 0 Å². The summed E-state index contributed by atoms with van der Waals surface area (Å²) in [5, 5.41) is 4.68. The maximum atomic E-state index is 4.58. The average Bonchev–Trinajstić information content (AvgIpc) is 2.98. The molecular weight excluding hydrogens is 218 g/mol. The van der Waals surface area contributed by atoms with Gasteiger partial charge < -0.3 is 10.2 Å². The molecule has 1 aromatic heterocycles. The van der Waals surface area contributed by atoms with Gasteiger partial charge >= 0.3 is 0 Å². The Kier molecular flexibility index (Phi) is 2.53. The van der Waals surface area contributed by atoms with Crippen LogP contribution >= 0.6 is 11.5 Å². The molecule has 84 valence electrons. The first-order valence-corrected chi connectivity index (χ1v) is 6.41. The fourth-order valence-corrected chi connectivity index (χ4v) is 3.08. The van der Waals surface area contributed by atoms with Crippen molar-refractivity contribution in [3.63, 3.8) is 0 Å². The van der Waals surface area contributed by atoms with E-state index in [1.165, 1.54) is 16.5 Å². The van der Waals surface area contributed by atoms with E-state index in [2.05, 4.69) is 45.9 Å². The van der Waals surface area contributed by atoms with Crippen molar-refractivity contribution in [2.24, 2.45) is 0 Å². The summed E-state index contributed by atoms with van der Waals surface area (Å²) in [6.45, 7) is 2.19. The molecule has 3 rings (SSSR count). The zero-order valence-electron chi connectivity index (χ0n) is 9.31. The molecule has 1 N–H and O–H groups in total. The Morgan fingerprint density at radius 3 is 3.12 bits per heavy atom. The van der Waals surface area contributed by atoms with Crippen LogP contribution in [0.15, 0.2) is 24.3 Å². The second-order valence-corrected chi connectivity index (χ2v) is 5.06. The highest BCUT2D eigenvalue weighted by Crippen LogP contribution is 2.30. The molecule has 2 heterocycles. The van der Waals surface area contributed by atoms with Crippen LogP contribution in [-0.2, 0) is 0 Å². The lowest BCUT2D eigenvalue weighted by Gasteiger charge is -2.23. The maximum Gasteiger partial charge on any atom is 0.150 e. The normalized spacial score (nSPS) is 20.4. The van der Waals surface area contributed by atoms with Crippen LogP contribution in [0.5, 0.6) is 0 Å². The second kappa shape index (κ2) is 4.03. The van der Waals surface area contributed by atoms with Crippen LogP contribution in [-0.4, -0.2) is 30.6 Å². The number of aromatic nitrogens is 1. The monoisotopic (exact) mass is 233 g/mol. The molecular formula is C12H15N3S. The van der Waals surface area contributed by atoms with E-state index in [-0.39, 0.29) is 0 Å². The molecule has 4 heteroatoms. The predicted molar refractivity (Wildman–Crippen MR) is 69.3 cm³/mol. The Balaban J connectivity index is 1.98. The van der Waals surface area contributed by atoms with Crippen molar-refractivity contribution >= 4 is 27.4 Å². The fraction of sp³-hybridized carbons (Fsp3) is 0.417. The third kappa shape index (κ3) is 1.58. The van der Waals surface area contributed by atoms with E-state index in [0.29, 0.717) is 6.04 Å². The lowest BCUT2D eigenvalue weighted by molar-refractivity contribution is 0.682. The van der Waals surface area contributed by atoms with Crippen molar-refractivity contribution in [2.75, 3.05) is 25.0 Å². The molecule has 3 nitrogen and oxygen atoms in total. The lowest BCUT2D eigenvalue weighted by atomic mass is 10.2. The molecule has 0 amide bonds. The van der Waals surface area contributed by atoms with E-state index >= 15 is 0 Å². The quantitative estimate of drug-likeness (QED) is 0.861. The summed E-state index contributed by atoms with van der Waals surface area (Å²) in [5.41, 5.74) is 0. The lowest BCUT2D eigenvalue weighted by Crippen LogP contribution is -2.33. The number of hydrogen-bond acceptors (Lipinski definition) is 4. The predicted octanol–water partition coefficient (Wildman–Crippen LogP) is 2.09. The highest BCUT2D eigenvalue weighted by molar-refractivity contribution is 7.13. The van der Waals surface area contributed by atoms with Gasteiger partial charge in [-0.25, -0.2) is 0 Å². The number of hydrogen-bond donors (Lipinski definition) is 1. The van der Waals surface area contributed by atoms with E-state index in [9.17, 15) is 0 Å². The topological polar surface area (TPSA) is 28.2 Å². The molecule has 1 aliphatic rings. The van der Waals surface area contributed by atoms with Gasteiger partial charge in [0.05, 0.1) is 4.70 Å². The smallest absolute Gasteiger partial charge is 0.150 e. The first-order valence-electron chi connectivity index (χ1n) is 5.64. The Morgan fingerprint density at radius 1 is 1.44 bits per heavy atom. The van der Waals surface area contributed by atoms with Gasteiger partial charge in [-0.15, -0.1) is 0 Å². The summed E-state index contributed by atoms with van der Waals surface area (Å²) in [6, 6.07) is 9.04. The van der Waals surface area contributed by atoms with Crippen molar-refractivity contribution in [3.8, 4) is 0 Å². The number of anilines is 1. The number of benzene rings is 1. The van der Waals surface area contributed by atoms with Gasteiger partial charge in [-0.1, -0.05) is 12.1 Å². The highest BCUT2D eigenvalue weighted by atomic mass is 32.1. The first kappa shape index (κ1) is 10.1. The molecule has 1 atom stereocenters. The average molecular weight is 233 g/mol. The Labute approximate surface area is 99.2 Å². The molecule has 0 radical (unpaired) electrons. The number of likely N-dealkylation sites (N-methyl/N-ethyl adjacent to an activating group) is 1. The summed E-state index contributed by atoms with van der Waals surface area (Å²) in [6.07, 6.45) is 1.21. The third-order valence-corrected chi connectivity index (χ3v) is 4.09. The molecule has 0 saturated carbocycles. The third-order valence-electron chi connectivity index (χ3n) is 3.27. The van der Waals surface area contributed by atoms with Crippen molar-refractivity contribution < 1.29 is 0 Å². The minimum absolute atomic E-state index is 0.588. The van der Waals surface area contributed by atoms with Gasteiger partial charge in [-0.3, -0.25) is 0 Å². The summed E-state index contributed by atoms with van der Waals surface area (Å²) >= 11 is 1.59. The molecule has 2 aromatic rings. The zero-order chi connectivity index (χ0) is 11.0. The van der Waals surface area contributed by atoms with E-state index in [0.717, 1.165) is 18.9 Å². The van der Waals surface area contributed by atoms with Crippen LogP contribution in [0, 0.1) is 0 Å². The van der Waals surface area contributed by atoms with Crippen LogP contribution < -0.4 is 10.2 Å². The maximum absolute atomic E-state index is 4.58. The van der Waals surface area contributed by atoms with Gasteiger partial charge in [0.15, 0.2) is 0 Å². The van der Waals surface area contributed by atoms with Crippen LogP contribution in [0.4, 0.5) is 5.82 Å². The van der Waals surface area contributed by atoms with Crippen LogP contribution in [0.2, 0.25) is 0 Å². The summed E-state index contributed by atoms with van der Waals surface area (Å²) < 4.78 is 5.85. The number of nitrogens with one attached hydrogen (secondary N) is 1. The molecule has 0 spiro atoms. The molecule has 0 bridgehead atoms. The SMILES string of the molecule is CN(c1nsc2ccccc12)[C@@H]1CCNC1. The molecule has 1 fully saturated rings. The number of nitrogens with zero attached hydrogens (tertiary/aromatic N) is 2. The minimum Gasteiger partial charge on any atom is -0.354 e. The van der Waals surface area contributed by atoms with Gasteiger partial charge in [0, 0.05) is 25.0 Å². The fourth-order valence-electron chi connectivity index (χ4n) is 2.27. The Bertz CT molecular complexity index is 488. The van der Waals surface area contributed by atoms with Crippen LogP contribution in [0.25, 0.3) is 10.1 Å². The molecule has 1 saturated heterocycles. The molecule has 16 heavy (non-hydrogen) atoms. The Hall–Kier alpha value is -1.13. The number of rotatable bonds is 2. The van der Waals surface area contributed by atoms with E-state index < -0.39 is 0 Å². The van der Waals surface area contributed by atoms with E-state index in [1.807, 2.05) is 0 Å². The summed E-state index contributed by atoms with van der Waals surface area (Å²) in [5.74, 6) is 1.13.